The van der Waals surface area contributed by atoms with Crippen molar-refractivity contribution >= 4 is 11.6 Å². The Morgan fingerprint density at radius 2 is 1.62 bits per heavy atom. The number of nitrogens with one attached hydrogen (secondary N) is 1. The first-order valence-electron chi connectivity index (χ1n) is 8.41. The molecule has 3 rings (SSSR count). The molecular weight excluding hydrogens is 332 g/mol. The van der Waals surface area contributed by atoms with Gasteiger partial charge in [0.15, 0.2) is 11.5 Å². The summed E-state index contributed by atoms with van der Waals surface area (Å²) in [5, 5.41) is 4.39. The number of hydrogen-bond donors (Lipinski definition) is 1. The Morgan fingerprint density at radius 3 is 2.27 bits per heavy atom. The average Bonchev–Trinajstić information content (AvgIpc) is 2.82. The number of hydrazone groups is 1. The Bertz CT molecular complexity index is 861. The molecule has 2 aromatic carbocycles. The van der Waals surface area contributed by atoms with E-state index in [4.69, 9.17) is 14.2 Å². The highest BCUT2D eigenvalue weighted by molar-refractivity contribution is 6.17. The van der Waals surface area contributed by atoms with Gasteiger partial charge in [-0.15, -0.1) is 0 Å². The van der Waals surface area contributed by atoms with Gasteiger partial charge in [-0.05, 0) is 36.2 Å². The van der Waals surface area contributed by atoms with E-state index in [0.29, 0.717) is 29.4 Å². The van der Waals surface area contributed by atoms with Crippen LogP contribution in [0, 0.1) is 0 Å². The molecule has 0 saturated heterocycles. The summed E-state index contributed by atoms with van der Waals surface area (Å²) in [5.41, 5.74) is 5.77. The van der Waals surface area contributed by atoms with Gasteiger partial charge in [-0.3, -0.25) is 4.79 Å². The van der Waals surface area contributed by atoms with Crippen LogP contribution in [0.25, 0.3) is 0 Å². The maximum absolute atomic E-state index is 12.6. The largest absolute Gasteiger partial charge is 0.496 e. The second kappa shape index (κ2) is 7.47. The summed E-state index contributed by atoms with van der Waals surface area (Å²) in [7, 11) is 4.78. The lowest BCUT2D eigenvalue weighted by molar-refractivity contribution is -0.122. The van der Waals surface area contributed by atoms with E-state index in [0.717, 1.165) is 16.7 Å². The van der Waals surface area contributed by atoms with Crippen LogP contribution in [-0.2, 0) is 4.79 Å². The maximum Gasteiger partial charge on any atom is 0.247 e. The second-order valence-corrected chi connectivity index (χ2v) is 5.89. The summed E-state index contributed by atoms with van der Waals surface area (Å²) in [6, 6.07) is 11.3. The highest BCUT2D eigenvalue weighted by Crippen LogP contribution is 2.38. The number of ether oxygens (including phenoxy) is 3. The van der Waals surface area contributed by atoms with Crippen molar-refractivity contribution in [3.63, 3.8) is 0 Å². The predicted molar refractivity (Wildman–Crippen MR) is 99.4 cm³/mol. The van der Waals surface area contributed by atoms with Crippen molar-refractivity contribution in [2.24, 2.45) is 5.10 Å². The molecule has 1 heterocycles. The number of para-hydroxylation sites is 1. The minimum atomic E-state index is -0.333. The smallest absolute Gasteiger partial charge is 0.247 e. The van der Waals surface area contributed by atoms with Crippen molar-refractivity contribution in [2.75, 3.05) is 21.3 Å². The lowest BCUT2D eigenvalue weighted by Gasteiger charge is -2.19. The Morgan fingerprint density at radius 1 is 0.962 bits per heavy atom. The maximum atomic E-state index is 12.6. The first-order valence-corrected chi connectivity index (χ1v) is 8.41. The fourth-order valence-corrected chi connectivity index (χ4v) is 3.23. The molecule has 1 atom stereocenters. The Kier molecular flexibility index (Phi) is 5.11. The lowest BCUT2D eigenvalue weighted by atomic mass is 9.87. The van der Waals surface area contributed by atoms with Gasteiger partial charge in [0.1, 0.15) is 11.5 Å². The van der Waals surface area contributed by atoms with Crippen LogP contribution in [0.5, 0.6) is 17.2 Å². The van der Waals surface area contributed by atoms with E-state index in [2.05, 4.69) is 10.5 Å². The SMILES string of the molecule is CC[C@@H]1C(=O)NN=C(c2ccccc2OC)c2cc(OC)c(OC)cc21. The van der Waals surface area contributed by atoms with Crippen LogP contribution in [0.15, 0.2) is 41.5 Å². The van der Waals surface area contributed by atoms with Crippen molar-refractivity contribution in [3.8, 4) is 17.2 Å². The third kappa shape index (κ3) is 2.98. The molecule has 136 valence electrons. The molecule has 26 heavy (non-hydrogen) atoms. The zero-order valence-corrected chi connectivity index (χ0v) is 15.3. The summed E-state index contributed by atoms with van der Waals surface area (Å²) < 4.78 is 16.4. The number of amides is 1. The molecule has 0 unspecified atom stereocenters. The van der Waals surface area contributed by atoms with Crippen molar-refractivity contribution in [2.45, 2.75) is 19.3 Å². The highest BCUT2D eigenvalue weighted by atomic mass is 16.5. The van der Waals surface area contributed by atoms with Gasteiger partial charge in [0.25, 0.3) is 0 Å². The predicted octanol–water partition coefficient (Wildman–Crippen LogP) is 3.09. The number of benzene rings is 2. The van der Waals surface area contributed by atoms with Gasteiger partial charge in [-0.1, -0.05) is 19.1 Å². The minimum Gasteiger partial charge on any atom is -0.496 e. The zero-order valence-electron chi connectivity index (χ0n) is 15.3. The third-order valence-electron chi connectivity index (χ3n) is 4.55. The molecule has 6 heteroatoms. The van der Waals surface area contributed by atoms with Gasteiger partial charge < -0.3 is 14.2 Å². The second-order valence-electron chi connectivity index (χ2n) is 5.89. The summed E-state index contributed by atoms with van der Waals surface area (Å²) in [6.07, 6.45) is 0.642. The minimum absolute atomic E-state index is 0.147. The molecule has 2 aromatic rings. The molecule has 1 aliphatic rings. The van der Waals surface area contributed by atoms with Crippen molar-refractivity contribution in [3.05, 3.63) is 53.1 Å². The van der Waals surface area contributed by atoms with Gasteiger partial charge in [0, 0.05) is 11.1 Å². The number of fused-ring (bicyclic) bond motifs is 1. The molecule has 0 aromatic heterocycles. The molecule has 1 N–H and O–H groups in total. The molecule has 0 bridgehead atoms. The van der Waals surface area contributed by atoms with E-state index >= 15 is 0 Å². The number of hydrogen-bond acceptors (Lipinski definition) is 5. The Balaban J connectivity index is 2.29. The molecule has 0 aliphatic carbocycles. The number of methoxy groups -OCH3 is 3. The van der Waals surface area contributed by atoms with Crippen LogP contribution in [0.3, 0.4) is 0 Å². The molecule has 0 saturated carbocycles. The van der Waals surface area contributed by atoms with E-state index in [9.17, 15) is 4.79 Å². The van der Waals surface area contributed by atoms with E-state index < -0.39 is 0 Å². The molecule has 1 aliphatic heterocycles. The van der Waals surface area contributed by atoms with Crippen LogP contribution in [-0.4, -0.2) is 32.9 Å². The molecule has 6 nitrogen and oxygen atoms in total. The quantitative estimate of drug-likeness (QED) is 0.896. The lowest BCUT2D eigenvalue weighted by Crippen LogP contribution is -2.23. The molecular formula is C20H22N2O4. The van der Waals surface area contributed by atoms with E-state index in [1.807, 2.05) is 43.3 Å². The molecule has 0 fully saturated rings. The summed E-state index contributed by atoms with van der Waals surface area (Å²) in [4.78, 5) is 12.6. The summed E-state index contributed by atoms with van der Waals surface area (Å²) in [5.74, 6) is 1.36. The van der Waals surface area contributed by atoms with E-state index in [1.165, 1.54) is 0 Å². The first kappa shape index (κ1) is 17.8. The number of rotatable bonds is 5. The molecule has 0 radical (unpaired) electrons. The average molecular weight is 354 g/mol. The fraction of sp³-hybridized carbons (Fsp3) is 0.300. The number of carbonyl (C=O) groups excluding carboxylic acids is 1. The Hall–Kier alpha value is -3.02. The monoisotopic (exact) mass is 354 g/mol. The van der Waals surface area contributed by atoms with Gasteiger partial charge in [0.05, 0.1) is 27.2 Å². The van der Waals surface area contributed by atoms with Crippen LogP contribution in [0.4, 0.5) is 0 Å². The van der Waals surface area contributed by atoms with Crippen LogP contribution in [0.2, 0.25) is 0 Å². The van der Waals surface area contributed by atoms with Crippen LogP contribution < -0.4 is 19.6 Å². The van der Waals surface area contributed by atoms with Crippen molar-refractivity contribution in [1.29, 1.82) is 0 Å². The first-order chi connectivity index (χ1) is 12.6. The summed E-state index contributed by atoms with van der Waals surface area (Å²) in [6.45, 7) is 1.97. The van der Waals surface area contributed by atoms with Gasteiger partial charge >= 0.3 is 0 Å². The topological polar surface area (TPSA) is 69.2 Å². The van der Waals surface area contributed by atoms with Crippen molar-refractivity contribution in [1.82, 2.24) is 5.43 Å². The molecule has 0 spiro atoms. The molecule has 1 amide bonds. The van der Waals surface area contributed by atoms with Crippen molar-refractivity contribution < 1.29 is 19.0 Å². The van der Waals surface area contributed by atoms with Crippen LogP contribution in [0.1, 0.15) is 36.0 Å². The zero-order chi connectivity index (χ0) is 18.7. The third-order valence-corrected chi connectivity index (χ3v) is 4.55. The van der Waals surface area contributed by atoms with Gasteiger partial charge in [0.2, 0.25) is 5.91 Å². The van der Waals surface area contributed by atoms with Gasteiger partial charge in [-0.25, -0.2) is 5.43 Å². The fourth-order valence-electron chi connectivity index (χ4n) is 3.23. The van der Waals surface area contributed by atoms with Gasteiger partial charge in [-0.2, -0.15) is 5.10 Å². The number of nitrogens with zero attached hydrogens (tertiary/aromatic N) is 1. The number of carbonyl (C=O) groups is 1. The standard InChI is InChI=1S/C20H22N2O4/c1-5-12-14-10-17(25-3)18(26-4)11-15(14)19(21-22-20(12)23)13-8-6-7-9-16(13)24-2/h6-12H,5H2,1-4H3,(H,22,23)/t12-/m0/s1. The van der Waals surface area contributed by atoms with E-state index in [-0.39, 0.29) is 11.8 Å². The van der Waals surface area contributed by atoms with E-state index in [1.54, 1.807) is 21.3 Å². The Labute approximate surface area is 152 Å². The summed E-state index contributed by atoms with van der Waals surface area (Å²) >= 11 is 0. The highest BCUT2D eigenvalue weighted by Gasteiger charge is 2.30. The van der Waals surface area contributed by atoms with Crippen LogP contribution >= 0.6 is 0 Å². The normalized spacial score (nSPS) is 16.1.